The molecule has 1 unspecified atom stereocenters. The van der Waals surface area contributed by atoms with Crippen LogP contribution in [0.15, 0.2) is 28.6 Å². The fourth-order valence-corrected chi connectivity index (χ4v) is 8.37. The fraction of sp³-hybridized carbons (Fsp3) is 0.533. The highest BCUT2D eigenvalue weighted by Crippen LogP contribution is 2.39. The van der Waals surface area contributed by atoms with Crippen LogP contribution in [0.1, 0.15) is 19.8 Å². The lowest BCUT2D eigenvalue weighted by atomic mass is 10.3. The number of hydrogen-bond acceptors (Lipinski definition) is 6. The number of fused-ring (bicyclic) bond motifs is 1. The van der Waals surface area contributed by atoms with Crippen LogP contribution in [-0.4, -0.2) is 33.5 Å². The summed E-state index contributed by atoms with van der Waals surface area (Å²) in [5.41, 5.74) is 1.63. The van der Waals surface area contributed by atoms with E-state index in [1.54, 1.807) is 36.4 Å². The van der Waals surface area contributed by atoms with Gasteiger partial charge in [0.05, 0.1) is 10.2 Å². The molecule has 0 spiro atoms. The molecule has 1 atom stereocenters. The summed E-state index contributed by atoms with van der Waals surface area (Å²) in [6.45, 7) is 4.38. The van der Waals surface area contributed by atoms with Crippen molar-refractivity contribution < 1.29 is 8.85 Å². The minimum atomic E-state index is -2.02. The average molecular weight is 374 g/mol. The first-order chi connectivity index (χ1) is 10.6. The number of aromatic nitrogens is 1. The normalized spacial score (nSPS) is 13.6. The molecule has 0 N–H and O–H groups in total. The predicted molar refractivity (Wildman–Crippen MR) is 102 cm³/mol. The third kappa shape index (κ3) is 4.49. The summed E-state index contributed by atoms with van der Waals surface area (Å²) in [5.74, 6) is 1.09. The third-order valence-electron chi connectivity index (χ3n) is 4.00. The Morgan fingerprint density at radius 2 is 2.00 bits per heavy atom. The van der Waals surface area contributed by atoms with Gasteiger partial charge in [-0.05, 0) is 35.9 Å². The van der Waals surface area contributed by atoms with Crippen LogP contribution in [-0.2, 0) is 8.85 Å². The van der Waals surface area contributed by atoms with E-state index < -0.39 is 8.56 Å². The summed E-state index contributed by atoms with van der Waals surface area (Å²) in [6, 6.07) is 8.30. The number of rotatable bonds is 9. The van der Waals surface area contributed by atoms with Crippen molar-refractivity contribution in [3.05, 3.63) is 24.3 Å². The van der Waals surface area contributed by atoms with Gasteiger partial charge in [-0.1, -0.05) is 36.3 Å². The Morgan fingerprint density at radius 1 is 1.27 bits per heavy atom. The highest BCUT2D eigenvalue weighted by atomic mass is 33.1. The molecular formula is C15H23NO2S3Si. The monoisotopic (exact) mass is 373 g/mol. The van der Waals surface area contributed by atoms with Crippen LogP contribution in [0.25, 0.3) is 10.2 Å². The van der Waals surface area contributed by atoms with Crippen molar-refractivity contribution in [1.29, 1.82) is 0 Å². The SMILES string of the molecule is CCC(CCSSc1nc2ccccc2s1)[Si](C)(OC)OC. The van der Waals surface area contributed by atoms with Gasteiger partial charge < -0.3 is 8.85 Å². The van der Waals surface area contributed by atoms with Gasteiger partial charge in [-0.3, -0.25) is 0 Å². The van der Waals surface area contributed by atoms with E-state index in [4.69, 9.17) is 8.85 Å². The van der Waals surface area contributed by atoms with Crippen molar-refractivity contribution in [3.63, 3.8) is 0 Å². The highest BCUT2D eigenvalue weighted by molar-refractivity contribution is 8.77. The molecule has 0 aliphatic rings. The Bertz CT molecular complexity index is 556. The first-order valence-electron chi connectivity index (χ1n) is 7.38. The Kier molecular flexibility index (Phi) is 7.23. The number of nitrogens with zero attached hydrogens (tertiary/aromatic N) is 1. The second-order valence-corrected chi connectivity index (χ2v) is 12.5. The Labute approximate surface area is 145 Å². The van der Waals surface area contributed by atoms with Gasteiger partial charge in [0, 0.05) is 25.5 Å². The lowest BCUT2D eigenvalue weighted by molar-refractivity contribution is 0.233. The van der Waals surface area contributed by atoms with Crippen molar-refractivity contribution in [1.82, 2.24) is 4.98 Å². The molecule has 0 aliphatic heterocycles. The number of benzene rings is 1. The van der Waals surface area contributed by atoms with Crippen molar-refractivity contribution in [2.45, 2.75) is 36.2 Å². The van der Waals surface area contributed by atoms with E-state index in [0.29, 0.717) is 5.54 Å². The lowest BCUT2D eigenvalue weighted by Gasteiger charge is -2.31. The maximum absolute atomic E-state index is 5.69. The van der Waals surface area contributed by atoms with Gasteiger partial charge in [0.15, 0.2) is 4.34 Å². The summed E-state index contributed by atoms with van der Waals surface area (Å²) >= 11 is 1.77. The first kappa shape index (κ1) is 18.3. The van der Waals surface area contributed by atoms with Crippen LogP contribution in [0.3, 0.4) is 0 Å². The highest BCUT2D eigenvalue weighted by Gasteiger charge is 2.37. The van der Waals surface area contributed by atoms with Gasteiger partial charge in [0.1, 0.15) is 0 Å². The van der Waals surface area contributed by atoms with E-state index >= 15 is 0 Å². The summed E-state index contributed by atoms with van der Waals surface area (Å²) in [7, 11) is 5.20. The Morgan fingerprint density at radius 3 is 2.64 bits per heavy atom. The second-order valence-electron chi connectivity index (χ2n) is 5.17. The summed E-state index contributed by atoms with van der Waals surface area (Å²) in [5, 5.41) is 0. The topological polar surface area (TPSA) is 31.4 Å². The van der Waals surface area contributed by atoms with Crippen molar-refractivity contribution >= 4 is 51.7 Å². The van der Waals surface area contributed by atoms with Crippen molar-refractivity contribution in [2.75, 3.05) is 20.0 Å². The summed E-state index contributed by atoms with van der Waals surface area (Å²) < 4.78 is 13.8. The van der Waals surface area contributed by atoms with Crippen LogP contribution in [0.4, 0.5) is 0 Å². The van der Waals surface area contributed by atoms with Crippen LogP contribution in [0.5, 0.6) is 0 Å². The molecule has 122 valence electrons. The minimum absolute atomic E-state index is 0.533. The van der Waals surface area contributed by atoms with Gasteiger partial charge in [-0.2, -0.15) is 0 Å². The molecule has 22 heavy (non-hydrogen) atoms. The number of thiazole rings is 1. The molecule has 2 rings (SSSR count). The van der Waals surface area contributed by atoms with Crippen molar-refractivity contribution in [2.24, 2.45) is 0 Å². The predicted octanol–water partition coefficient (Wildman–Crippen LogP) is 5.57. The molecule has 3 nitrogen and oxygen atoms in total. The van der Waals surface area contributed by atoms with E-state index in [1.165, 1.54) is 4.70 Å². The summed E-state index contributed by atoms with van der Waals surface area (Å²) in [4.78, 5) is 4.65. The Hall–Kier alpha value is -0.0531. The maximum Gasteiger partial charge on any atom is 0.337 e. The molecule has 0 amide bonds. The molecule has 0 bridgehead atoms. The van der Waals surface area contributed by atoms with E-state index in [-0.39, 0.29) is 0 Å². The van der Waals surface area contributed by atoms with Gasteiger partial charge in [-0.25, -0.2) is 4.98 Å². The molecule has 0 aliphatic carbocycles. The molecule has 7 heteroatoms. The largest absolute Gasteiger partial charge is 0.398 e. The standard InChI is InChI=1S/C15H23NO2S3Si/c1-5-12(22(4,17-2)18-3)10-11-19-21-15-16-13-8-6-7-9-14(13)20-15/h6-9,12H,5,10-11H2,1-4H3. The zero-order valence-corrected chi connectivity index (χ0v) is 16.9. The lowest BCUT2D eigenvalue weighted by Crippen LogP contribution is -2.41. The molecule has 1 heterocycles. The van der Waals surface area contributed by atoms with Crippen molar-refractivity contribution in [3.8, 4) is 0 Å². The zero-order valence-electron chi connectivity index (χ0n) is 13.5. The van der Waals surface area contributed by atoms with Gasteiger partial charge >= 0.3 is 8.56 Å². The Balaban J connectivity index is 1.83. The van der Waals surface area contributed by atoms with Gasteiger partial charge in [-0.15, -0.1) is 11.3 Å². The molecule has 0 saturated heterocycles. The molecule has 1 aromatic carbocycles. The molecule has 0 saturated carbocycles. The maximum atomic E-state index is 5.69. The average Bonchev–Trinajstić information content (AvgIpc) is 2.97. The van der Waals surface area contributed by atoms with Gasteiger partial charge in [0.2, 0.25) is 0 Å². The van der Waals surface area contributed by atoms with E-state index in [2.05, 4.69) is 36.7 Å². The molecule has 0 radical (unpaired) electrons. The second kappa shape index (κ2) is 8.70. The quantitative estimate of drug-likeness (QED) is 0.326. The third-order valence-corrected chi connectivity index (χ3v) is 11.5. The minimum Gasteiger partial charge on any atom is -0.398 e. The zero-order chi connectivity index (χ0) is 16.0. The van der Waals surface area contributed by atoms with Crippen LogP contribution in [0, 0.1) is 0 Å². The molecule has 0 fully saturated rings. The number of hydrogen-bond donors (Lipinski definition) is 0. The fourth-order valence-electron chi connectivity index (χ4n) is 2.42. The first-order valence-corrected chi connectivity index (χ1v) is 12.9. The summed E-state index contributed by atoms with van der Waals surface area (Å²) in [6.07, 6.45) is 2.24. The smallest absolute Gasteiger partial charge is 0.337 e. The van der Waals surface area contributed by atoms with Gasteiger partial charge in [0.25, 0.3) is 0 Å². The number of para-hydroxylation sites is 1. The van der Waals surface area contributed by atoms with E-state index in [1.807, 2.05) is 16.9 Å². The van der Waals surface area contributed by atoms with E-state index in [9.17, 15) is 0 Å². The van der Waals surface area contributed by atoms with Crippen LogP contribution in [0.2, 0.25) is 12.1 Å². The molecule has 2 aromatic rings. The van der Waals surface area contributed by atoms with Crippen LogP contribution >= 0.6 is 32.9 Å². The van der Waals surface area contributed by atoms with E-state index in [0.717, 1.165) is 28.5 Å². The molecular weight excluding hydrogens is 350 g/mol. The molecule has 1 aromatic heterocycles. The van der Waals surface area contributed by atoms with Crippen LogP contribution < -0.4 is 0 Å².